The van der Waals surface area contributed by atoms with E-state index in [0.29, 0.717) is 30.3 Å². The predicted molar refractivity (Wildman–Crippen MR) is 97.4 cm³/mol. The van der Waals surface area contributed by atoms with Crippen molar-refractivity contribution in [2.75, 3.05) is 27.4 Å². The first kappa shape index (κ1) is 19.7. The van der Waals surface area contributed by atoms with Gasteiger partial charge < -0.3 is 19.5 Å². The lowest BCUT2D eigenvalue weighted by molar-refractivity contribution is 0.0939. The third-order valence-electron chi connectivity index (χ3n) is 4.01. The van der Waals surface area contributed by atoms with E-state index in [1.807, 2.05) is 19.1 Å². The first-order valence-corrected chi connectivity index (χ1v) is 8.33. The summed E-state index contributed by atoms with van der Waals surface area (Å²) in [5, 5.41) is 2.86. The molecule has 0 saturated heterocycles. The maximum Gasteiger partial charge on any atom is 0.251 e. The van der Waals surface area contributed by atoms with Crippen molar-refractivity contribution in [2.45, 2.75) is 19.9 Å². The van der Waals surface area contributed by atoms with Crippen molar-refractivity contribution in [3.63, 3.8) is 0 Å². The summed E-state index contributed by atoms with van der Waals surface area (Å²) in [6.45, 7) is 4.40. The summed E-state index contributed by atoms with van der Waals surface area (Å²) in [6.07, 6.45) is 0. The molecule has 1 unspecified atom stereocenters. The molecular formula is C20H24FNO4. The SMILES string of the molecule is COCCOc1ccc(C(C)NC(=O)c2ccc(C)c(F)c2)cc1OC. The van der Waals surface area contributed by atoms with Crippen molar-refractivity contribution in [1.29, 1.82) is 0 Å². The number of ether oxygens (including phenoxy) is 3. The Balaban J connectivity index is 2.09. The lowest BCUT2D eigenvalue weighted by Gasteiger charge is -2.17. The second kappa shape index (κ2) is 9.20. The highest BCUT2D eigenvalue weighted by atomic mass is 19.1. The number of halogens is 1. The van der Waals surface area contributed by atoms with Gasteiger partial charge in [0.1, 0.15) is 12.4 Å². The van der Waals surface area contributed by atoms with Crippen LogP contribution in [-0.2, 0) is 4.74 Å². The van der Waals surface area contributed by atoms with Crippen LogP contribution >= 0.6 is 0 Å². The quantitative estimate of drug-likeness (QED) is 0.729. The second-order valence-electron chi connectivity index (χ2n) is 5.91. The summed E-state index contributed by atoms with van der Waals surface area (Å²) in [4.78, 5) is 12.3. The van der Waals surface area contributed by atoms with Crippen molar-refractivity contribution in [1.82, 2.24) is 5.32 Å². The van der Waals surface area contributed by atoms with Crippen molar-refractivity contribution in [3.05, 3.63) is 58.9 Å². The van der Waals surface area contributed by atoms with Crippen LogP contribution in [0.3, 0.4) is 0 Å². The topological polar surface area (TPSA) is 56.8 Å². The molecule has 0 aromatic heterocycles. The molecule has 26 heavy (non-hydrogen) atoms. The summed E-state index contributed by atoms with van der Waals surface area (Å²) in [7, 11) is 3.16. The normalized spacial score (nSPS) is 11.7. The average molecular weight is 361 g/mol. The van der Waals surface area contributed by atoms with E-state index < -0.39 is 5.82 Å². The number of nitrogens with one attached hydrogen (secondary N) is 1. The molecule has 0 fully saturated rings. The summed E-state index contributed by atoms with van der Waals surface area (Å²) in [5.74, 6) is 0.439. The Morgan fingerprint density at radius 1 is 1.12 bits per heavy atom. The van der Waals surface area contributed by atoms with Crippen LogP contribution in [0.2, 0.25) is 0 Å². The van der Waals surface area contributed by atoms with Crippen molar-refractivity contribution in [3.8, 4) is 11.5 Å². The van der Waals surface area contributed by atoms with Crippen LogP contribution in [0.15, 0.2) is 36.4 Å². The van der Waals surface area contributed by atoms with E-state index >= 15 is 0 Å². The molecule has 1 N–H and O–H groups in total. The van der Waals surface area contributed by atoms with Gasteiger partial charge in [-0.3, -0.25) is 4.79 Å². The van der Waals surface area contributed by atoms with Crippen LogP contribution < -0.4 is 14.8 Å². The molecule has 2 aromatic carbocycles. The van der Waals surface area contributed by atoms with E-state index in [2.05, 4.69) is 5.32 Å². The molecule has 0 aliphatic carbocycles. The zero-order valence-corrected chi connectivity index (χ0v) is 15.5. The Morgan fingerprint density at radius 3 is 2.54 bits per heavy atom. The number of hydrogen-bond donors (Lipinski definition) is 1. The Kier molecular flexibility index (Phi) is 6.97. The minimum atomic E-state index is -0.399. The molecule has 0 aliphatic rings. The van der Waals surface area contributed by atoms with E-state index in [-0.39, 0.29) is 17.5 Å². The van der Waals surface area contributed by atoms with Crippen LogP contribution in [0.4, 0.5) is 4.39 Å². The number of hydrogen-bond acceptors (Lipinski definition) is 4. The summed E-state index contributed by atoms with van der Waals surface area (Å²) in [5.41, 5.74) is 1.64. The predicted octanol–water partition coefficient (Wildman–Crippen LogP) is 3.66. The van der Waals surface area contributed by atoms with Crippen molar-refractivity contribution in [2.24, 2.45) is 0 Å². The lowest BCUT2D eigenvalue weighted by Crippen LogP contribution is -2.26. The zero-order valence-electron chi connectivity index (χ0n) is 15.5. The Bertz CT molecular complexity index is 763. The van der Waals surface area contributed by atoms with E-state index in [1.165, 1.54) is 6.07 Å². The highest BCUT2D eigenvalue weighted by Gasteiger charge is 2.15. The van der Waals surface area contributed by atoms with Gasteiger partial charge in [0.2, 0.25) is 0 Å². The molecule has 6 heteroatoms. The van der Waals surface area contributed by atoms with Gasteiger partial charge in [0.05, 0.1) is 19.8 Å². The monoisotopic (exact) mass is 361 g/mol. The molecule has 0 heterocycles. The van der Waals surface area contributed by atoms with Crippen LogP contribution in [0, 0.1) is 12.7 Å². The fourth-order valence-corrected chi connectivity index (χ4v) is 2.41. The first-order valence-electron chi connectivity index (χ1n) is 8.33. The third-order valence-corrected chi connectivity index (χ3v) is 4.01. The molecule has 0 saturated carbocycles. The minimum absolute atomic E-state index is 0.284. The molecule has 1 atom stereocenters. The molecule has 0 aliphatic heterocycles. The zero-order chi connectivity index (χ0) is 19.1. The molecule has 140 valence electrons. The van der Waals surface area contributed by atoms with E-state index in [0.717, 1.165) is 5.56 Å². The van der Waals surface area contributed by atoms with Crippen LogP contribution in [0.25, 0.3) is 0 Å². The minimum Gasteiger partial charge on any atom is -0.493 e. The standard InChI is InChI=1S/C20H24FNO4/c1-13-5-6-16(11-17(13)21)20(23)22-14(2)15-7-8-18(19(12-15)25-4)26-10-9-24-3/h5-8,11-12,14H,9-10H2,1-4H3,(H,22,23). The summed E-state index contributed by atoms with van der Waals surface area (Å²) >= 11 is 0. The molecule has 0 radical (unpaired) electrons. The van der Waals surface area contributed by atoms with Gasteiger partial charge in [-0.1, -0.05) is 12.1 Å². The van der Waals surface area contributed by atoms with Gasteiger partial charge in [-0.25, -0.2) is 4.39 Å². The smallest absolute Gasteiger partial charge is 0.251 e. The maximum absolute atomic E-state index is 13.7. The highest BCUT2D eigenvalue weighted by molar-refractivity contribution is 5.94. The first-order chi connectivity index (χ1) is 12.5. The molecular weight excluding hydrogens is 337 g/mol. The number of amides is 1. The molecule has 1 amide bonds. The lowest BCUT2D eigenvalue weighted by atomic mass is 10.1. The maximum atomic E-state index is 13.7. The van der Waals surface area contributed by atoms with Crippen LogP contribution in [0.5, 0.6) is 11.5 Å². The van der Waals surface area contributed by atoms with E-state index in [1.54, 1.807) is 39.3 Å². The number of rotatable bonds is 8. The van der Waals surface area contributed by atoms with Crippen molar-refractivity contribution >= 4 is 5.91 Å². The highest BCUT2D eigenvalue weighted by Crippen LogP contribution is 2.30. The van der Waals surface area contributed by atoms with Gasteiger partial charge in [0, 0.05) is 12.7 Å². The van der Waals surface area contributed by atoms with Gasteiger partial charge in [0.25, 0.3) is 5.91 Å². The molecule has 0 spiro atoms. The molecule has 5 nitrogen and oxygen atoms in total. The number of carbonyl (C=O) groups excluding carboxylic acids is 1. The fourth-order valence-electron chi connectivity index (χ4n) is 2.41. The molecule has 0 bridgehead atoms. The van der Waals surface area contributed by atoms with Gasteiger partial charge in [0.15, 0.2) is 11.5 Å². The molecule has 2 rings (SSSR count). The Labute approximate surface area is 153 Å². The van der Waals surface area contributed by atoms with Gasteiger partial charge in [-0.15, -0.1) is 0 Å². The Hall–Kier alpha value is -2.60. The molecule has 2 aromatic rings. The number of carbonyl (C=O) groups is 1. The number of benzene rings is 2. The Morgan fingerprint density at radius 2 is 1.88 bits per heavy atom. The van der Waals surface area contributed by atoms with Crippen molar-refractivity contribution < 1.29 is 23.4 Å². The summed E-state index contributed by atoms with van der Waals surface area (Å²) < 4.78 is 29.6. The van der Waals surface area contributed by atoms with Crippen LogP contribution in [0.1, 0.15) is 34.5 Å². The average Bonchev–Trinajstić information content (AvgIpc) is 2.64. The van der Waals surface area contributed by atoms with E-state index in [9.17, 15) is 9.18 Å². The number of aryl methyl sites for hydroxylation is 1. The largest absolute Gasteiger partial charge is 0.493 e. The van der Waals surface area contributed by atoms with Gasteiger partial charge in [-0.2, -0.15) is 0 Å². The summed E-state index contributed by atoms with van der Waals surface area (Å²) in [6, 6.07) is 9.60. The number of methoxy groups -OCH3 is 2. The van der Waals surface area contributed by atoms with Crippen LogP contribution in [-0.4, -0.2) is 33.3 Å². The van der Waals surface area contributed by atoms with Gasteiger partial charge >= 0.3 is 0 Å². The second-order valence-corrected chi connectivity index (χ2v) is 5.91. The van der Waals surface area contributed by atoms with Gasteiger partial charge in [-0.05, 0) is 49.2 Å². The van der Waals surface area contributed by atoms with E-state index in [4.69, 9.17) is 14.2 Å². The fraction of sp³-hybridized carbons (Fsp3) is 0.350. The third kappa shape index (κ3) is 4.95.